The third-order valence-electron chi connectivity index (χ3n) is 2.85. The van der Waals surface area contributed by atoms with E-state index in [1.807, 2.05) is 12.1 Å². The molecule has 1 aliphatic heterocycles. The Balaban J connectivity index is 1.78. The predicted octanol–water partition coefficient (Wildman–Crippen LogP) is 0.822. The second-order valence-electron chi connectivity index (χ2n) is 4.07. The summed E-state index contributed by atoms with van der Waals surface area (Å²) in [5.74, 6) is 0. The van der Waals surface area contributed by atoms with Gasteiger partial charge >= 0.3 is 0 Å². The summed E-state index contributed by atoms with van der Waals surface area (Å²) in [4.78, 5) is 3.86. The van der Waals surface area contributed by atoms with E-state index < -0.39 is 0 Å². The predicted molar refractivity (Wildman–Crippen MR) is 61.5 cm³/mol. The van der Waals surface area contributed by atoms with Crippen LogP contribution in [0.2, 0.25) is 0 Å². The minimum Gasteiger partial charge on any atom is -0.377 e. The zero-order valence-electron chi connectivity index (χ0n) is 10.0. The maximum atomic E-state index is 8.93. The molecule has 2 rings (SSSR count). The first-order chi connectivity index (χ1) is 8.85. The van der Waals surface area contributed by atoms with E-state index in [2.05, 4.69) is 4.98 Å². The van der Waals surface area contributed by atoms with Crippen molar-refractivity contribution >= 4 is 0 Å². The van der Waals surface area contributed by atoms with Gasteiger partial charge in [0.2, 0.25) is 0 Å². The molecule has 1 saturated heterocycles. The second kappa shape index (κ2) is 6.15. The molecule has 1 atom stereocenters. The van der Waals surface area contributed by atoms with Crippen LogP contribution in [0.5, 0.6) is 0 Å². The number of hydrogen-bond acceptors (Lipinski definition) is 5. The van der Waals surface area contributed by atoms with Gasteiger partial charge in [-0.2, -0.15) is 10.5 Å². The van der Waals surface area contributed by atoms with Crippen LogP contribution in [0.25, 0.3) is 0 Å². The molecule has 0 saturated carbocycles. The standard InChI is InChI=1S/C12H14N4O2/c13-6-11-12(7-14)16(9-15-11)3-5-17-8-10-2-1-4-18-10/h9-10H,1-5,8H2. The van der Waals surface area contributed by atoms with Crippen molar-refractivity contribution < 1.29 is 9.47 Å². The fourth-order valence-electron chi connectivity index (χ4n) is 1.90. The van der Waals surface area contributed by atoms with Crippen LogP contribution < -0.4 is 0 Å². The molecule has 1 aliphatic rings. The first-order valence-corrected chi connectivity index (χ1v) is 5.90. The van der Waals surface area contributed by atoms with Crippen molar-refractivity contribution in [2.75, 3.05) is 19.8 Å². The summed E-state index contributed by atoms with van der Waals surface area (Å²) in [7, 11) is 0. The third-order valence-corrected chi connectivity index (χ3v) is 2.85. The van der Waals surface area contributed by atoms with Crippen LogP contribution >= 0.6 is 0 Å². The molecule has 1 fully saturated rings. The molecule has 2 heterocycles. The number of hydrogen-bond donors (Lipinski definition) is 0. The Labute approximate surface area is 105 Å². The number of nitrogens with zero attached hydrogens (tertiary/aromatic N) is 4. The molecular formula is C12H14N4O2. The average molecular weight is 246 g/mol. The number of nitriles is 2. The zero-order chi connectivity index (χ0) is 12.8. The van der Waals surface area contributed by atoms with E-state index in [4.69, 9.17) is 20.0 Å². The molecular weight excluding hydrogens is 232 g/mol. The van der Waals surface area contributed by atoms with Crippen LogP contribution in [0, 0.1) is 22.7 Å². The first-order valence-electron chi connectivity index (χ1n) is 5.90. The van der Waals surface area contributed by atoms with E-state index in [-0.39, 0.29) is 11.8 Å². The van der Waals surface area contributed by atoms with E-state index >= 15 is 0 Å². The van der Waals surface area contributed by atoms with Crippen LogP contribution in [-0.4, -0.2) is 35.5 Å². The van der Waals surface area contributed by atoms with E-state index in [9.17, 15) is 0 Å². The van der Waals surface area contributed by atoms with Crippen LogP contribution in [-0.2, 0) is 16.0 Å². The molecule has 0 amide bonds. The van der Waals surface area contributed by atoms with Gasteiger partial charge in [-0.05, 0) is 12.8 Å². The molecule has 6 heteroatoms. The van der Waals surface area contributed by atoms with E-state index in [0.29, 0.717) is 25.5 Å². The SMILES string of the molecule is N#Cc1ncn(CCOCC2CCCO2)c1C#N. The Kier molecular flexibility index (Phi) is 4.30. The van der Waals surface area contributed by atoms with Gasteiger partial charge in [0.05, 0.1) is 25.6 Å². The van der Waals surface area contributed by atoms with Gasteiger partial charge in [0.1, 0.15) is 12.1 Å². The number of aromatic nitrogens is 2. The lowest BCUT2D eigenvalue weighted by atomic mass is 10.2. The molecule has 6 nitrogen and oxygen atoms in total. The van der Waals surface area contributed by atoms with Crippen LogP contribution in [0.15, 0.2) is 6.33 Å². The minimum absolute atomic E-state index is 0.164. The molecule has 0 bridgehead atoms. The minimum atomic E-state index is 0.164. The average Bonchev–Trinajstić information content (AvgIpc) is 3.03. The maximum Gasteiger partial charge on any atom is 0.176 e. The molecule has 0 aliphatic carbocycles. The number of rotatable bonds is 5. The molecule has 1 aromatic rings. The Morgan fingerprint density at radius 1 is 1.50 bits per heavy atom. The summed E-state index contributed by atoms with van der Waals surface area (Å²) in [6, 6.07) is 3.86. The number of imidazole rings is 1. The van der Waals surface area contributed by atoms with Gasteiger partial charge in [-0.25, -0.2) is 4.98 Å². The highest BCUT2D eigenvalue weighted by atomic mass is 16.5. The molecule has 1 unspecified atom stereocenters. The van der Waals surface area contributed by atoms with Crippen LogP contribution in [0.3, 0.4) is 0 Å². The molecule has 0 N–H and O–H groups in total. The summed E-state index contributed by atoms with van der Waals surface area (Å²) in [5, 5.41) is 17.7. The number of ether oxygens (including phenoxy) is 2. The smallest absolute Gasteiger partial charge is 0.176 e. The van der Waals surface area contributed by atoms with Crippen molar-refractivity contribution in [3.63, 3.8) is 0 Å². The highest BCUT2D eigenvalue weighted by Gasteiger charge is 2.15. The summed E-state index contributed by atoms with van der Waals surface area (Å²) in [6.45, 7) is 2.40. The fourth-order valence-corrected chi connectivity index (χ4v) is 1.90. The summed E-state index contributed by atoms with van der Waals surface area (Å²) in [5.41, 5.74) is 0.454. The Morgan fingerprint density at radius 2 is 2.39 bits per heavy atom. The maximum absolute atomic E-state index is 8.93. The lowest BCUT2D eigenvalue weighted by Gasteiger charge is -2.10. The largest absolute Gasteiger partial charge is 0.377 e. The van der Waals surface area contributed by atoms with Gasteiger partial charge < -0.3 is 14.0 Å². The van der Waals surface area contributed by atoms with E-state index in [1.165, 1.54) is 6.33 Å². The lowest BCUT2D eigenvalue weighted by Crippen LogP contribution is -2.16. The highest BCUT2D eigenvalue weighted by Crippen LogP contribution is 2.12. The first kappa shape index (κ1) is 12.6. The lowest BCUT2D eigenvalue weighted by molar-refractivity contribution is 0.0148. The molecule has 0 radical (unpaired) electrons. The second-order valence-corrected chi connectivity index (χ2v) is 4.07. The third kappa shape index (κ3) is 2.86. The monoisotopic (exact) mass is 246 g/mol. The summed E-state index contributed by atoms with van der Waals surface area (Å²) in [6.07, 6.45) is 3.84. The highest BCUT2D eigenvalue weighted by molar-refractivity contribution is 5.35. The van der Waals surface area contributed by atoms with Crippen molar-refractivity contribution in [2.45, 2.75) is 25.5 Å². The molecule has 1 aromatic heterocycles. The van der Waals surface area contributed by atoms with Crippen LogP contribution in [0.1, 0.15) is 24.2 Å². The molecule has 94 valence electrons. The summed E-state index contributed by atoms with van der Waals surface area (Å²) >= 11 is 0. The van der Waals surface area contributed by atoms with Gasteiger partial charge in [-0.1, -0.05) is 0 Å². The normalized spacial score (nSPS) is 18.4. The molecule has 0 aromatic carbocycles. The van der Waals surface area contributed by atoms with E-state index in [0.717, 1.165) is 19.4 Å². The Hall–Kier alpha value is -1.89. The van der Waals surface area contributed by atoms with Crippen LogP contribution in [0.4, 0.5) is 0 Å². The van der Waals surface area contributed by atoms with Crippen molar-refractivity contribution in [1.29, 1.82) is 10.5 Å². The van der Waals surface area contributed by atoms with Crippen molar-refractivity contribution in [3.05, 3.63) is 17.7 Å². The molecule has 0 spiro atoms. The summed E-state index contributed by atoms with van der Waals surface area (Å²) < 4.78 is 12.6. The fraction of sp³-hybridized carbons (Fsp3) is 0.583. The van der Waals surface area contributed by atoms with E-state index in [1.54, 1.807) is 4.57 Å². The van der Waals surface area contributed by atoms with Crippen molar-refractivity contribution in [3.8, 4) is 12.1 Å². The van der Waals surface area contributed by atoms with Gasteiger partial charge in [-0.3, -0.25) is 0 Å². The molecule has 18 heavy (non-hydrogen) atoms. The quantitative estimate of drug-likeness (QED) is 0.718. The van der Waals surface area contributed by atoms with Gasteiger partial charge in [-0.15, -0.1) is 0 Å². The Bertz CT molecular complexity index is 477. The van der Waals surface area contributed by atoms with Gasteiger partial charge in [0.25, 0.3) is 0 Å². The van der Waals surface area contributed by atoms with Crippen molar-refractivity contribution in [1.82, 2.24) is 9.55 Å². The zero-order valence-corrected chi connectivity index (χ0v) is 10.0. The Morgan fingerprint density at radius 3 is 3.06 bits per heavy atom. The van der Waals surface area contributed by atoms with Gasteiger partial charge in [0.15, 0.2) is 11.4 Å². The topological polar surface area (TPSA) is 83.9 Å². The van der Waals surface area contributed by atoms with Crippen molar-refractivity contribution in [2.24, 2.45) is 0 Å². The van der Waals surface area contributed by atoms with Gasteiger partial charge in [0, 0.05) is 13.2 Å².